The number of unbranched alkanes of at least 4 members (excludes halogenated alkanes) is 57. The summed E-state index contributed by atoms with van der Waals surface area (Å²) in [5.41, 5.74) is 0. The van der Waals surface area contributed by atoms with Gasteiger partial charge < -0.3 is 35.2 Å². The molecule has 7 unspecified atom stereocenters. The van der Waals surface area contributed by atoms with Crippen LogP contribution in [-0.4, -0.2) is 95.4 Å². The Balaban J connectivity index is 2.14. The van der Waals surface area contributed by atoms with Gasteiger partial charge in [0.25, 0.3) is 0 Å². The van der Waals surface area contributed by atoms with Crippen molar-refractivity contribution in [3.8, 4) is 0 Å². The molecule has 530 valence electrons. The number of ether oxygens (including phenoxy) is 2. The van der Waals surface area contributed by atoms with Crippen molar-refractivity contribution in [1.82, 2.24) is 5.32 Å². The largest absolute Gasteiger partial charge is 0.397 e. The number of aliphatic hydroxyl groups is 4. The van der Waals surface area contributed by atoms with Crippen molar-refractivity contribution in [2.75, 3.05) is 13.2 Å². The quantitative estimate of drug-likeness (QED) is 0.0193. The molecule has 0 bridgehead atoms. The zero-order valence-electron chi connectivity index (χ0n) is 58.5. The molecule has 1 amide bonds. The molecule has 0 saturated carbocycles. The van der Waals surface area contributed by atoms with Gasteiger partial charge in [-0.1, -0.05) is 379 Å². The summed E-state index contributed by atoms with van der Waals surface area (Å²) in [7, 11) is -5.09. The van der Waals surface area contributed by atoms with E-state index in [1.54, 1.807) is 0 Å². The number of carbonyl (C=O) groups excluding carboxylic acids is 1. The minimum atomic E-state index is -5.09. The molecular weight excluding hydrogens is 1130 g/mol. The third-order valence-electron chi connectivity index (χ3n) is 19.1. The van der Waals surface area contributed by atoms with Crippen LogP contribution in [0.5, 0.6) is 0 Å². The van der Waals surface area contributed by atoms with E-state index < -0.39 is 59.9 Å². The fourth-order valence-electron chi connectivity index (χ4n) is 13.1. The van der Waals surface area contributed by atoms with Crippen LogP contribution >= 0.6 is 0 Å². The predicted octanol–water partition coefficient (Wildman–Crippen LogP) is 21.3. The lowest BCUT2D eigenvalue weighted by Crippen LogP contribution is -2.61. The number of hydrogen-bond donors (Lipinski definition) is 6. The highest BCUT2D eigenvalue weighted by molar-refractivity contribution is 7.80. The highest BCUT2D eigenvalue weighted by Crippen LogP contribution is 2.27. The zero-order chi connectivity index (χ0) is 64.6. The Morgan fingerprint density at radius 3 is 1.01 bits per heavy atom. The van der Waals surface area contributed by atoms with E-state index in [0.29, 0.717) is 12.8 Å². The first-order valence-corrected chi connectivity index (χ1v) is 40.4. The van der Waals surface area contributed by atoms with Crippen LogP contribution in [0.15, 0.2) is 12.2 Å². The van der Waals surface area contributed by atoms with Gasteiger partial charge in [-0.3, -0.25) is 9.35 Å². The third-order valence-corrected chi connectivity index (χ3v) is 19.5. The van der Waals surface area contributed by atoms with Gasteiger partial charge in [-0.05, 0) is 38.5 Å². The fourth-order valence-corrected chi connectivity index (χ4v) is 13.6. The molecule has 1 fully saturated rings. The fraction of sp³-hybridized carbons (Fsp3) is 0.961. The summed E-state index contributed by atoms with van der Waals surface area (Å²) in [6, 6.07) is -0.857. The Hall–Kier alpha value is -1.16. The van der Waals surface area contributed by atoms with E-state index in [1.807, 2.05) is 0 Å². The smallest absolute Gasteiger partial charge is 0.394 e. The molecule has 0 spiro atoms. The molecule has 7 atom stereocenters. The van der Waals surface area contributed by atoms with Crippen LogP contribution in [0.25, 0.3) is 0 Å². The van der Waals surface area contributed by atoms with Gasteiger partial charge in [0, 0.05) is 6.42 Å². The minimum Gasteiger partial charge on any atom is -0.394 e. The van der Waals surface area contributed by atoms with Crippen molar-refractivity contribution in [3.63, 3.8) is 0 Å². The first kappa shape index (κ1) is 85.9. The van der Waals surface area contributed by atoms with Gasteiger partial charge in [0.2, 0.25) is 5.91 Å². The summed E-state index contributed by atoms with van der Waals surface area (Å²) in [5, 5.41) is 45.4. The Morgan fingerprint density at radius 2 is 0.719 bits per heavy atom. The monoisotopic (exact) mass is 1280 g/mol. The molecule has 0 radical (unpaired) electrons. The second kappa shape index (κ2) is 65.5. The van der Waals surface area contributed by atoms with Crippen molar-refractivity contribution < 1.29 is 51.8 Å². The number of allylic oxidation sites excluding steroid dienone is 2. The van der Waals surface area contributed by atoms with E-state index >= 15 is 0 Å². The van der Waals surface area contributed by atoms with Crippen LogP contribution in [0.1, 0.15) is 412 Å². The zero-order valence-corrected chi connectivity index (χ0v) is 59.4. The third kappa shape index (κ3) is 56.9. The van der Waals surface area contributed by atoms with Gasteiger partial charge in [-0.25, -0.2) is 4.18 Å². The number of amides is 1. The lowest BCUT2D eigenvalue weighted by Gasteiger charge is -2.41. The van der Waals surface area contributed by atoms with Crippen LogP contribution in [0.3, 0.4) is 0 Å². The van der Waals surface area contributed by atoms with Crippen molar-refractivity contribution in [1.29, 1.82) is 0 Å². The number of carbonyl (C=O) groups is 1. The second-order valence-electron chi connectivity index (χ2n) is 27.7. The topological polar surface area (TPSA) is 192 Å². The highest BCUT2D eigenvalue weighted by atomic mass is 32.3. The van der Waals surface area contributed by atoms with Gasteiger partial charge in [0.1, 0.15) is 24.4 Å². The predicted molar refractivity (Wildman–Crippen MR) is 375 cm³/mol. The molecule has 6 N–H and O–H groups in total. The van der Waals surface area contributed by atoms with Crippen LogP contribution < -0.4 is 5.32 Å². The number of aliphatic hydroxyl groups excluding tert-OH is 4. The summed E-state index contributed by atoms with van der Waals surface area (Å²) in [4.78, 5) is 13.3. The maximum absolute atomic E-state index is 13.3. The van der Waals surface area contributed by atoms with E-state index in [9.17, 15) is 38.2 Å². The Bertz CT molecular complexity index is 1600. The Morgan fingerprint density at radius 1 is 0.438 bits per heavy atom. The van der Waals surface area contributed by atoms with Crippen LogP contribution in [0.4, 0.5) is 0 Å². The van der Waals surface area contributed by atoms with Gasteiger partial charge in [0.15, 0.2) is 6.29 Å². The van der Waals surface area contributed by atoms with Crippen molar-refractivity contribution in [3.05, 3.63) is 12.2 Å². The van der Waals surface area contributed by atoms with Crippen molar-refractivity contribution in [2.24, 2.45) is 0 Å². The normalized spacial score (nSPS) is 17.9. The van der Waals surface area contributed by atoms with Crippen LogP contribution in [0, 0.1) is 0 Å². The molecule has 1 rings (SSSR count). The summed E-state index contributed by atoms with van der Waals surface area (Å²) in [5.74, 6) is -0.220. The van der Waals surface area contributed by atoms with E-state index in [-0.39, 0.29) is 12.5 Å². The second-order valence-corrected chi connectivity index (χ2v) is 28.7. The van der Waals surface area contributed by atoms with Gasteiger partial charge in [-0.15, -0.1) is 0 Å². The van der Waals surface area contributed by atoms with Crippen LogP contribution in [-0.2, 0) is 28.9 Å². The van der Waals surface area contributed by atoms with Gasteiger partial charge in [0.05, 0.1) is 25.4 Å². The molecule has 13 heteroatoms. The molecule has 1 aliphatic rings. The molecule has 0 aromatic heterocycles. The number of nitrogens with one attached hydrogen (secondary N) is 1. The summed E-state index contributed by atoms with van der Waals surface area (Å²) in [6.45, 7) is 3.54. The lowest BCUT2D eigenvalue weighted by atomic mass is 9.99. The molecule has 1 saturated heterocycles. The average molecular weight is 1290 g/mol. The molecule has 0 aliphatic carbocycles. The lowest BCUT2D eigenvalue weighted by molar-refractivity contribution is -0.298. The molecule has 0 aromatic rings. The minimum absolute atomic E-state index is 0.220. The molecule has 1 heterocycles. The van der Waals surface area contributed by atoms with Crippen molar-refractivity contribution >= 4 is 16.3 Å². The Labute approximate surface area is 550 Å². The summed E-state index contributed by atoms with van der Waals surface area (Å²) >= 11 is 0. The maximum atomic E-state index is 13.3. The molecular formula is C76H149NO11S. The van der Waals surface area contributed by atoms with Crippen molar-refractivity contribution in [2.45, 2.75) is 455 Å². The number of hydrogen-bond acceptors (Lipinski definition) is 10. The SMILES string of the molecule is CCCCCCCCCCCCCCCCCCCC/C=C\CCCCCCCCCCCCCCCCCCCC(=O)NC(COC1OC(CO)C(O)C(OS(=O)(=O)O)C1O)C(O)CCCCCCCCCCCCCCCCCCCCCCCCC. The highest BCUT2D eigenvalue weighted by Gasteiger charge is 2.48. The molecule has 12 nitrogen and oxygen atoms in total. The van der Waals surface area contributed by atoms with Gasteiger partial charge >= 0.3 is 10.4 Å². The maximum Gasteiger partial charge on any atom is 0.397 e. The van der Waals surface area contributed by atoms with Gasteiger partial charge in [-0.2, -0.15) is 8.42 Å². The molecule has 89 heavy (non-hydrogen) atoms. The Kier molecular flexibility index (Phi) is 63.2. The standard InChI is InChI=1S/C76H149NO11S/c1-3-5-7-9-11-13-15-17-19-21-23-25-27-28-29-30-31-32-33-34-35-36-37-38-39-40-41-42-44-46-48-50-52-54-56-58-60-62-64-66-72(80)77-69(68-86-76-74(82)75(88-89(83,84)85)73(81)71(67-78)87-76)70(79)65-63-61-59-57-55-53-51-49-47-45-43-26-24-22-20-18-16-14-12-10-8-6-4-2/h34-35,69-71,73-76,78-79,81-82H,3-33,36-68H2,1-2H3,(H,77,80)(H,83,84,85)/b35-34-. The average Bonchev–Trinajstić information content (AvgIpc) is 1.16. The van der Waals surface area contributed by atoms with E-state index in [1.165, 1.54) is 334 Å². The van der Waals surface area contributed by atoms with E-state index in [2.05, 4.69) is 35.5 Å². The van der Waals surface area contributed by atoms with E-state index in [0.717, 1.165) is 51.4 Å². The summed E-state index contributed by atoms with van der Waals surface area (Å²) < 4.78 is 48.2. The first-order valence-electron chi connectivity index (χ1n) is 39.1. The molecule has 1 aliphatic heterocycles. The van der Waals surface area contributed by atoms with Crippen LogP contribution in [0.2, 0.25) is 0 Å². The first-order chi connectivity index (χ1) is 43.5. The number of rotatable bonds is 71. The summed E-state index contributed by atoms with van der Waals surface area (Å²) in [6.07, 6.45) is 75.7. The van der Waals surface area contributed by atoms with E-state index in [4.69, 9.17) is 9.47 Å². The molecule has 0 aromatic carbocycles.